The predicted molar refractivity (Wildman–Crippen MR) is 82.2 cm³/mol. The Morgan fingerprint density at radius 2 is 2.00 bits per heavy atom. The molecular formula is C14H18N4O4. The van der Waals surface area contributed by atoms with Crippen LogP contribution in [-0.4, -0.2) is 55.5 Å². The molecule has 2 aromatic rings. The van der Waals surface area contributed by atoms with Crippen LogP contribution in [0.5, 0.6) is 17.2 Å². The Bertz CT molecular complexity index is 753. The van der Waals surface area contributed by atoms with Crippen molar-refractivity contribution in [3.05, 3.63) is 16.4 Å². The number of hydrogen-bond donors (Lipinski definition) is 3. The van der Waals surface area contributed by atoms with E-state index in [-0.39, 0.29) is 16.9 Å². The molecule has 0 saturated carbocycles. The third-order valence-corrected chi connectivity index (χ3v) is 3.72. The maximum atomic E-state index is 12.3. The van der Waals surface area contributed by atoms with Crippen molar-refractivity contribution in [2.24, 2.45) is 0 Å². The highest BCUT2D eigenvalue weighted by atomic mass is 16.5. The number of phenols is 1. The number of benzene rings is 1. The molecule has 1 saturated heterocycles. The molecule has 0 bridgehead atoms. The fraction of sp³-hybridized carbons (Fsp3) is 0.429. The zero-order valence-corrected chi connectivity index (χ0v) is 12.5. The van der Waals surface area contributed by atoms with Gasteiger partial charge in [-0.3, -0.25) is 9.78 Å². The second-order valence-electron chi connectivity index (χ2n) is 4.98. The Labute approximate surface area is 126 Å². The van der Waals surface area contributed by atoms with Crippen LogP contribution >= 0.6 is 0 Å². The van der Waals surface area contributed by atoms with Crippen LogP contribution in [0.1, 0.15) is 0 Å². The van der Waals surface area contributed by atoms with Gasteiger partial charge < -0.3 is 24.8 Å². The van der Waals surface area contributed by atoms with Crippen LogP contribution in [0.2, 0.25) is 0 Å². The van der Waals surface area contributed by atoms with Gasteiger partial charge in [0.25, 0.3) is 5.56 Å². The number of rotatable bonds is 3. The lowest BCUT2D eigenvalue weighted by atomic mass is 10.2. The summed E-state index contributed by atoms with van der Waals surface area (Å²) in [6.45, 7) is 3.18. The molecule has 0 atom stereocenters. The van der Waals surface area contributed by atoms with E-state index >= 15 is 0 Å². The maximum absolute atomic E-state index is 12.3. The van der Waals surface area contributed by atoms with Gasteiger partial charge >= 0.3 is 0 Å². The van der Waals surface area contributed by atoms with Gasteiger partial charge in [-0.15, -0.1) is 0 Å². The van der Waals surface area contributed by atoms with E-state index in [0.717, 1.165) is 26.2 Å². The summed E-state index contributed by atoms with van der Waals surface area (Å²) in [5.41, 5.74) is -0.0376. The van der Waals surface area contributed by atoms with E-state index in [1.165, 1.54) is 14.2 Å². The topological polar surface area (TPSA) is 99.7 Å². The standard InChI is InChI=1S/C14H18N4O4/c1-21-9-7-8-10(11(19)12(9)22-2)13(20)17-14(16-8)18-5-3-15-4-6-18/h7,15,19H,3-6H2,1-2H3,(H,16,17,20). The first kappa shape index (κ1) is 14.5. The third kappa shape index (κ3) is 2.31. The van der Waals surface area contributed by atoms with Crippen LogP contribution in [0.3, 0.4) is 0 Å². The van der Waals surface area contributed by atoms with Crippen molar-refractivity contribution >= 4 is 16.9 Å². The number of anilines is 1. The number of methoxy groups -OCH3 is 2. The summed E-state index contributed by atoms with van der Waals surface area (Å²) in [5.74, 6) is 0.678. The third-order valence-electron chi connectivity index (χ3n) is 3.72. The van der Waals surface area contributed by atoms with Crippen molar-refractivity contribution in [2.45, 2.75) is 0 Å². The van der Waals surface area contributed by atoms with Crippen molar-refractivity contribution in [1.29, 1.82) is 0 Å². The number of nitrogens with zero attached hydrogens (tertiary/aromatic N) is 2. The monoisotopic (exact) mass is 306 g/mol. The summed E-state index contributed by atoms with van der Waals surface area (Å²) in [6.07, 6.45) is 0. The van der Waals surface area contributed by atoms with Crippen LogP contribution < -0.4 is 25.2 Å². The van der Waals surface area contributed by atoms with Crippen LogP contribution in [0.25, 0.3) is 10.9 Å². The number of aromatic amines is 1. The van der Waals surface area contributed by atoms with Gasteiger partial charge in [0.15, 0.2) is 11.5 Å². The van der Waals surface area contributed by atoms with Gasteiger partial charge in [-0.25, -0.2) is 4.98 Å². The Morgan fingerprint density at radius 3 is 2.64 bits per heavy atom. The molecular weight excluding hydrogens is 288 g/mol. The van der Waals surface area contributed by atoms with Crippen LogP contribution in [-0.2, 0) is 0 Å². The lowest BCUT2D eigenvalue weighted by Crippen LogP contribution is -2.44. The Hall–Kier alpha value is -2.48. The van der Waals surface area contributed by atoms with Gasteiger partial charge in [-0.2, -0.15) is 0 Å². The van der Waals surface area contributed by atoms with Crippen LogP contribution in [0.15, 0.2) is 10.9 Å². The Balaban J connectivity index is 2.19. The molecule has 3 N–H and O–H groups in total. The van der Waals surface area contributed by atoms with Gasteiger partial charge in [0, 0.05) is 32.2 Å². The smallest absolute Gasteiger partial charge is 0.264 e. The van der Waals surface area contributed by atoms with E-state index in [9.17, 15) is 9.90 Å². The number of aromatic hydroxyl groups is 1. The second-order valence-corrected chi connectivity index (χ2v) is 4.98. The summed E-state index contributed by atoms with van der Waals surface area (Å²) >= 11 is 0. The SMILES string of the molecule is COc1cc2nc(N3CCNCC3)[nH]c(=O)c2c(O)c1OC. The van der Waals surface area contributed by atoms with Crippen molar-refractivity contribution in [3.8, 4) is 17.2 Å². The molecule has 0 spiro atoms. The molecule has 22 heavy (non-hydrogen) atoms. The molecule has 0 unspecified atom stereocenters. The molecule has 1 aromatic carbocycles. The molecule has 1 fully saturated rings. The number of ether oxygens (including phenoxy) is 2. The average molecular weight is 306 g/mol. The normalized spacial score (nSPS) is 15.1. The van der Waals surface area contributed by atoms with Crippen molar-refractivity contribution < 1.29 is 14.6 Å². The fourth-order valence-electron chi connectivity index (χ4n) is 2.61. The number of aromatic nitrogens is 2. The molecule has 8 nitrogen and oxygen atoms in total. The molecule has 1 aromatic heterocycles. The van der Waals surface area contributed by atoms with Gasteiger partial charge in [0.2, 0.25) is 11.7 Å². The number of piperazine rings is 1. The molecule has 3 rings (SSSR count). The van der Waals surface area contributed by atoms with Crippen LogP contribution in [0, 0.1) is 0 Å². The number of phenolic OH excluding ortho intramolecular Hbond substituents is 1. The van der Waals surface area contributed by atoms with Crippen molar-refractivity contribution in [2.75, 3.05) is 45.3 Å². The minimum absolute atomic E-state index is 0.0940. The van der Waals surface area contributed by atoms with Gasteiger partial charge in [0.1, 0.15) is 5.39 Å². The minimum atomic E-state index is -0.406. The van der Waals surface area contributed by atoms with Gasteiger partial charge in [-0.05, 0) is 0 Å². The summed E-state index contributed by atoms with van der Waals surface area (Å²) in [7, 11) is 2.87. The maximum Gasteiger partial charge on any atom is 0.264 e. The van der Waals surface area contributed by atoms with E-state index in [2.05, 4.69) is 15.3 Å². The zero-order chi connectivity index (χ0) is 15.7. The van der Waals surface area contributed by atoms with E-state index in [1.807, 2.05) is 4.90 Å². The Morgan fingerprint density at radius 1 is 1.27 bits per heavy atom. The van der Waals surface area contributed by atoms with Crippen molar-refractivity contribution in [1.82, 2.24) is 15.3 Å². The molecule has 0 aliphatic carbocycles. The number of hydrogen-bond acceptors (Lipinski definition) is 7. The highest BCUT2D eigenvalue weighted by Crippen LogP contribution is 2.40. The average Bonchev–Trinajstić information content (AvgIpc) is 2.54. The highest BCUT2D eigenvalue weighted by Gasteiger charge is 2.20. The van der Waals surface area contributed by atoms with E-state index in [0.29, 0.717) is 17.2 Å². The van der Waals surface area contributed by atoms with E-state index in [1.54, 1.807) is 6.07 Å². The first-order valence-corrected chi connectivity index (χ1v) is 6.99. The lowest BCUT2D eigenvalue weighted by molar-refractivity contribution is 0.335. The molecule has 118 valence electrons. The van der Waals surface area contributed by atoms with Gasteiger partial charge in [0.05, 0.1) is 19.7 Å². The largest absolute Gasteiger partial charge is 0.504 e. The molecule has 1 aliphatic rings. The summed E-state index contributed by atoms with van der Waals surface area (Å²) in [5, 5.41) is 13.6. The lowest BCUT2D eigenvalue weighted by Gasteiger charge is -2.27. The summed E-state index contributed by atoms with van der Waals surface area (Å²) in [4.78, 5) is 21.5. The second kappa shape index (κ2) is 5.72. The number of nitrogens with one attached hydrogen (secondary N) is 2. The quantitative estimate of drug-likeness (QED) is 0.737. The first-order chi connectivity index (χ1) is 10.7. The van der Waals surface area contributed by atoms with E-state index < -0.39 is 5.56 Å². The molecule has 1 aliphatic heterocycles. The molecule has 0 amide bonds. The zero-order valence-electron chi connectivity index (χ0n) is 12.5. The Kier molecular flexibility index (Phi) is 3.76. The minimum Gasteiger partial charge on any atom is -0.504 e. The number of H-pyrrole nitrogens is 1. The fourth-order valence-corrected chi connectivity index (χ4v) is 2.61. The van der Waals surface area contributed by atoms with Crippen LogP contribution in [0.4, 0.5) is 5.95 Å². The molecule has 0 radical (unpaired) electrons. The summed E-state index contributed by atoms with van der Waals surface area (Å²) < 4.78 is 10.3. The summed E-state index contributed by atoms with van der Waals surface area (Å²) in [6, 6.07) is 1.59. The molecule has 2 heterocycles. The van der Waals surface area contributed by atoms with Gasteiger partial charge in [-0.1, -0.05) is 0 Å². The van der Waals surface area contributed by atoms with Crippen molar-refractivity contribution in [3.63, 3.8) is 0 Å². The highest BCUT2D eigenvalue weighted by molar-refractivity contribution is 5.89. The van der Waals surface area contributed by atoms with E-state index in [4.69, 9.17) is 9.47 Å². The molecule has 8 heteroatoms. The number of fused-ring (bicyclic) bond motifs is 1. The predicted octanol–water partition coefficient (Wildman–Crippen LogP) is 0.0555. The first-order valence-electron chi connectivity index (χ1n) is 6.99.